The van der Waals surface area contributed by atoms with Gasteiger partial charge in [0.2, 0.25) is 0 Å². The molecule has 0 aliphatic rings. The van der Waals surface area contributed by atoms with Crippen molar-refractivity contribution < 1.29 is 14.3 Å². The normalized spacial score (nSPS) is 10.8. The van der Waals surface area contributed by atoms with Crippen LogP contribution >= 0.6 is 11.6 Å². The fraction of sp³-hybridized carbons (Fsp3) is 0. The molecule has 0 aliphatic heterocycles. The Morgan fingerprint density at radius 2 is 1.41 bits per heavy atom. The number of benzene rings is 4. The van der Waals surface area contributed by atoms with Crippen molar-refractivity contribution >= 4 is 29.4 Å². The van der Waals surface area contributed by atoms with Crippen molar-refractivity contribution in [1.82, 2.24) is 0 Å². The molecule has 0 amide bonds. The van der Waals surface area contributed by atoms with Crippen LogP contribution in [0.5, 0.6) is 5.75 Å². The summed E-state index contributed by atoms with van der Waals surface area (Å²) in [6.45, 7) is 0. The van der Waals surface area contributed by atoms with Gasteiger partial charge >= 0.3 is 5.97 Å². The maximum absolute atomic E-state index is 12.6. The first-order chi connectivity index (χ1) is 15.6. The van der Waals surface area contributed by atoms with E-state index >= 15 is 0 Å². The first-order valence-corrected chi connectivity index (χ1v) is 10.4. The number of ketones is 1. The summed E-state index contributed by atoms with van der Waals surface area (Å²) in [5.41, 5.74) is 3.79. The van der Waals surface area contributed by atoms with Crippen molar-refractivity contribution in [2.75, 3.05) is 0 Å². The first kappa shape index (κ1) is 21.3. The van der Waals surface area contributed by atoms with Crippen molar-refractivity contribution in [3.8, 4) is 16.9 Å². The number of hydrogen-bond acceptors (Lipinski definition) is 3. The highest BCUT2D eigenvalue weighted by molar-refractivity contribution is 6.33. The molecule has 0 saturated heterocycles. The molecule has 4 rings (SSSR count). The largest absolute Gasteiger partial charge is 0.423 e. The molecule has 0 radical (unpaired) electrons. The van der Waals surface area contributed by atoms with E-state index in [1.54, 1.807) is 48.5 Å². The Kier molecular flexibility index (Phi) is 6.59. The second kappa shape index (κ2) is 9.90. The van der Waals surface area contributed by atoms with Gasteiger partial charge in [0.25, 0.3) is 0 Å². The average Bonchev–Trinajstić information content (AvgIpc) is 2.83. The van der Waals surface area contributed by atoms with E-state index in [0.29, 0.717) is 21.9 Å². The Hall–Kier alpha value is -3.95. The number of ether oxygens (including phenoxy) is 1. The molecule has 4 aromatic carbocycles. The number of esters is 1. The Labute approximate surface area is 191 Å². The second-order valence-corrected chi connectivity index (χ2v) is 7.49. The summed E-state index contributed by atoms with van der Waals surface area (Å²) in [5.74, 6) is -0.272. The number of carbonyl (C=O) groups is 2. The van der Waals surface area contributed by atoms with E-state index in [-0.39, 0.29) is 5.78 Å². The number of halogens is 1. The van der Waals surface area contributed by atoms with Gasteiger partial charge in [-0.1, -0.05) is 96.5 Å². The Balaban J connectivity index is 1.44. The minimum atomic E-state index is -0.536. The smallest absolute Gasteiger partial charge is 0.345 e. The third-order valence-electron chi connectivity index (χ3n) is 4.87. The average molecular weight is 439 g/mol. The van der Waals surface area contributed by atoms with Gasteiger partial charge in [0.15, 0.2) is 5.78 Å². The van der Waals surface area contributed by atoms with Crippen LogP contribution < -0.4 is 4.74 Å². The molecular weight excluding hydrogens is 420 g/mol. The number of hydrogen-bond donors (Lipinski definition) is 0. The molecule has 0 N–H and O–H groups in total. The highest BCUT2D eigenvalue weighted by atomic mass is 35.5. The molecule has 0 atom stereocenters. The van der Waals surface area contributed by atoms with E-state index in [1.165, 1.54) is 6.08 Å². The lowest BCUT2D eigenvalue weighted by molar-refractivity contribution is 0.0734. The summed E-state index contributed by atoms with van der Waals surface area (Å²) < 4.78 is 5.43. The molecule has 4 heteroatoms. The van der Waals surface area contributed by atoms with Crippen LogP contribution in [0.3, 0.4) is 0 Å². The van der Waals surface area contributed by atoms with Crippen molar-refractivity contribution in [3.05, 3.63) is 131 Å². The molecule has 0 bridgehead atoms. The highest BCUT2D eigenvalue weighted by Crippen LogP contribution is 2.21. The molecule has 0 unspecified atom stereocenters. The minimum Gasteiger partial charge on any atom is -0.423 e. The zero-order valence-electron chi connectivity index (χ0n) is 17.1. The summed E-state index contributed by atoms with van der Waals surface area (Å²) >= 11 is 6.05. The molecule has 4 aromatic rings. The van der Waals surface area contributed by atoms with Crippen LogP contribution in [-0.2, 0) is 0 Å². The van der Waals surface area contributed by atoms with Crippen LogP contribution in [0.25, 0.3) is 17.2 Å². The predicted octanol–water partition coefficient (Wildman–Crippen LogP) is 7.12. The lowest BCUT2D eigenvalue weighted by atomic mass is 10.0. The molecule has 0 aliphatic carbocycles. The van der Waals surface area contributed by atoms with Crippen LogP contribution in [0, 0.1) is 0 Å². The molecule has 0 aromatic heterocycles. The maximum atomic E-state index is 12.6. The molecule has 3 nitrogen and oxygen atoms in total. The van der Waals surface area contributed by atoms with Gasteiger partial charge in [0, 0.05) is 5.56 Å². The second-order valence-electron chi connectivity index (χ2n) is 7.08. The van der Waals surface area contributed by atoms with Crippen LogP contribution in [0.2, 0.25) is 5.02 Å². The van der Waals surface area contributed by atoms with Crippen molar-refractivity contribution in [1.29, 1.82) is 0 Å². The standard InChI is InChI=1S/C28H19ClO3/c29-26-12-5-4-11-25(26)28(31)32-24-10-6-7-20(19-24)13-18-27(30)23-16-14-22(15-17-23)21-8-2-1-3-9-21/h1-19H/b18-13+. The third-order valence-corrected chi connectivity index (χ3v) is 5.20. The summed E-state index contributed by atoms with van der Waals surface area (Å²) in [6.07, 6.45) is 3.20. The van der Waals surface area contributed by atoms with Crippen LogP contribution in [-0.4, -0.2) is 11.8 Å². The van der Waals surface area contributed by atoms with E-state index in [0.717, 1.165) is 16.7 Å². The van der Waals surface area contributed by atoms with Gasteiger partial charge in [0.1, 0.15) is 5.75 Å². The molecule has 0 saturated carbocycles. The summed E-state index contributed by atoms with van der Waals surface area (Å²) in [4.78, 5) is 24.9. The van der Waals surface area contributed by atoms with Gasteiger partial charge < -0.3 is 4.74 Å². The zero-order chi connectivity index (χ0) is 22.3. The molecule has 0 fully saturated rings. The summed E-state index contributed by atoms with van der Waals surface area (Å²) in [5, 5.41) is 0.331. The zero-order valence-corrected chi connectivity index (χ0v) is 17.8. The van der Waals surface area contributed by atoms with Gasteiger partial charge in [-0.15, -0.1) is 0 Å². The first-order valence-electron chi connectivity index (χ1n) is 10.0. The Morgan fingerprint density at radius 1 is 0.719 bits per heavy atom. The van der Waals surface area contributed by atoms with Gasteiger partial charge in [-0.25, -0.2) is 4.79 Å². The molecule has 0 heterocycles. The van der Waals surface area contributed by atoms with Crippen molar-refractivity contribution in [2.24, 2.45) is 0 Å². The topological polar surface area (TPSA) is 43.4 Å². The van der Waals surface area contributed by atoms with Crippen LogP contribution in [0.1, 0.15) is 26.3 Å². The van der Waals surface area contributed by atoms with E-state index in [1.807, 2.05) is 60.7 Å². The van der Waals surface area contributed by atoms with E-state index < -0.39 is 5.97 Å². The Bertz CT molecular complexity index is 1280. The number of rotatable bonds is 6. The summed E-state index contributed by atoms with van der Waals surface area (Å²) in [6, 6.07) is 31.2. The molecule has 156 valence electrons. The van der Waals surface area contributed by atoms with E-state index in [9.17, 15) is 9.59 Å². The third kappa shape index (κ3) is 5.20. The molecular formula is C28H19ClO3. The van der Waals surface area contributed by atoms with Gasteiger partial charge in [-0.2, -0.15) is 0 Å². The SMILES string of the molecule is O=C(/C=C/c1cccc(OC(=O)c2ccccc2Cl)c1)c1ccc(-c2ccccc2)cc1. The van der Waals surface area contributed by atoms with Gasteiger partial charge in [-0.05, 0) is 47.0 Å². The molecule has 0 spiro atoms. The highest BCUT2D eigenvalue weighted by Gasteiger charge is 2.12. The maximum Gasteiger partial charge on any atom is 0.345 e. The van der Waals surface area contributed by atoms with Crippen molar-refractivity contribution in [3.63, 3.8) is 0 Å². The Morgan fingerprint density at radius 3 is 2.16 bits per heavy atom. The summed E-state index contributed by atoms with van der Waals surface area (Å²) in [7, 11) is 0. The predicted molar refractivity (Wildman–Crippen MR) is 128 cm³/mol. The van der Waals surface area contributed by atoms with Crippen LogP contribution in [0.15, 0.2) is 109 Å². The number of carbonyl (C=O) groups excluding carboxylic acids is 2. The minimum absolute atomic E-state index is 0.108. The van der Waals surface area contributed by atoms with Gasteiger partial charge in [0.05, 0.1) is 10.6 Å². The number of allylic oxidation sites excluding steroid dienone is 1. The fourth-order valence-corrected chi connectivity index (χ4v) is 3.41. The van der Waals surface area contributed by atoms with Gasteiger partial charge in [-0.3, -0.25) is 4.79 Å². The van der Waals surface area contributed by atoms with Crippen molar-refractivity contribution in [2.45, 2.75) is 0 Å². The lowest BCUT2D eigenvalue weighted by Gasteiger charge is -2.06. The monoisotopic (exact) mass is 438 g/mol. The van der Waals surface area contributed by atoms with E-state index in [2.05, 4.69) is 0 Å². The molecule has 32 heavy (non-hydrogen) atoms. The van der Waals surface area contributed by atoms with E-state index in [4.69, 9.17) is 16.3 Å². The lowest BCUT2D eigenvalue weighted by Crippen LogP contribution is -2.09. The van der Waals surface area contributed by atoms with Crippen LogP contribution in [0.4, 0.5) is 0 Å². The fourth-order valence-electron chi connectivity index (χ4n) is 3.20. The quantitative estimate of drug-likeness (QED) is 0.139.